The third-order valence-electron chi connectivity index (χ3n) is 2.78. The van der Waals surface area contributed by atoms with Gasteiger partial charge in [-0.2, -0.15) is 0 Å². The van der Waals surface area contributed by atoms with Crippen LogP contribution in [0.1, 0.15) is 16.8 Å². The Kier molecular flexibility index (Phi) is 4.24. The number of primary sulfonamides is 1. The fourth-order valence-electron chi connectivity index (χ4n) is 1.77. The van der Waals surface area contributed by atoms with E-state index in [0.29, 0.717) is 17.7 Å². The minimum absolute atomic E-state index is 0.0439. The Balaban J connectivity index is 2.25. The summed E-state index contributed by atoms with van der Waals surface area (Å²) in [7, 11) is -3.83. The molecule has 6 nitrogen and oxygen atoms in total. The summed E-state index contributed by atoms with van der Waals surface area (Å²) < 4.78 is 28.2. The molecule has 0 aliphatic carbocycles. The van der Waals surface area contributed by atoms with Gasteiger partial charge in [-0.15, -0.1) is 0 Å². The zero-order valence-corrected chi connectivity index (χ0v) is 12.3. The van der Waals surface area contributed by atoms with Crippen LogP contribution < -0.4 is 10.5 Å². The van der Waals surface area contributed by atoms with E-state index in [9.17, 15) is 13.2 Å². The number of ether oxygens (including phenoxy) is 1. The van der Waals surface area contributed by atoms with Crippen molar-refractivity contribution in [3.05, 3.63) is 28.2 Å². The summed E-state index contributed by atoms with van der Waals surface area (Å²) in [6.07, 6.45) is 0.748. The highest BCUT2D eigenvalue weighted by molar-refractivity contribution is 9.10. The molecule has 0 radical (unpaired) electrons. The Hall–Kier alpha value is -0.960. The van der Waals surface area contributed by atoms with Crippen LogP contribution in [-0.2, 0) is 14.8 Å². The molecule has 2 rings (SSSR count). The van der Waals surface area contributed by atoms with Gasteiger partial charge in [0.05, 0.1) is 23.1 Å². The summed E-state index contributed by atoms with van der Waals surface area (Å²) in [4.78, 5) is 12.0. The van der Waals surface area contributed by atoms with Crippen LogP contribution in [0, 0.1) is 0 Å². The van der Waals surface area contributed by atoms with Gasteiger partial charge in [-0.3, -0.25) is 4.79 Å². The van der Waals surface area contributed by atoms with Gasteiger partial charge in [0.1, 0.15) is 0 Å². The van der Waals surface area contributed by atoms with Crippen molar-refractivity contribution in [2.75, 3.05) is 13.2 Å². The molecule has 0 bridgehead atoms. The number of halogens is 1. The van der Waals surface area contributed by atoms with Crippen LogP contribution >= 0.6 is 15.9 Å². The number of amides is 1. The molecule has 1 aliphatic rings. The van der Waals surface area contributed by atoms with Gasteiger partial charge in [0.25, 0.3) is 5.91 Å². The van der Waals surface area contributed by atoms with E-state index in [1.807, 2.05) is 0 Å². The van der Waals surface area contributed by atoms with E-state index in [1.54, 1.807) is 0 Å². The number of hydrogen-bond donors (Lipinski definition) is 2. The molecule has 1 aromatic carbocycles. The van der Waals surface area contributed by atoms with Gasteiger partial charge < -0.3 is 10.1 Å². The molecule has 3 N–H and O–H groups in total. The molecule has 1 aliphatic heterocycles. The second kappa shape index (κ2) is 5.58. The zero-order chi connectivity index (χ0) is 14.0. The smallest absolute Gasteiger partial charge is 0.252 e. The number of nitrogens with one attached hydrogen (secondary N) is 1. The van der Waals surface area contributed by atoms with Crippen LogP contribution in [0.2, 0.25) is 0 Å². The van der Waals surface area contributed by atoms with Crippen LogP contribution in [0.4, 0.5) is 0 Å². The van der Waals surface area contributed by atoms with Gasteiger partial charge in [0.15, 0.2) is 0 Å². The summed E-state index contributed by atoms with van der Waals surface area (Å²) in [5, 5.41) is 7.83. The van der Waals surface area contributed by atoms with E-state index in [-0.39, 0.29) is 22.4 Å². The Labute approximate surface area is 119 Å². The number of nitrogens with two attached hydrogens (primary N) is 1. The predicted octanol–water partition coefficient (Wildman–Crippen LogP) is 0.615. The van der Waals surface area contributed by atoms with Crippen molar-refractivity contribution in [2.45, 2.75) is 17.4 Å². The lowest BCUT2D eigenvalue weighted by Crippen LogP contribution is -2.35. The van der Waals surface area contributed by atoms with Crippen molar-refractivity contribution in [1.29, 1.82) is 0 Å². The Morgan fingerprint density at radius 1 is 1.47 bits per heavy atom. The normalized spacial score (nSPS) is 19.4. The largest absolute Gasteiger partial charge is 0.379 e. The van der Waals surface area contributed by atoms with Gasteiger partial charge in [-0.05, 0) is 40.5 Å². The standard InChI is InChI=1S/C11H13BrN2O4S/c12-10-2-1-8(19(13,16)17)5-9(10)11(15)14-7-3-4-18-6-7/h1-2,5,7H,3-4,6H2,(H,14,15)(H2,13,16,17). The molecule has 0 spiro atoms. The average molecular weight is 349 g/mol. The van der Waals surface area contributed by atoms with Gasteiger partial charge in [-0.1, -0.05) is 0 Å². The molecule has 0 saturated carbocycles. The van der Waals surface area contributed by atoms with Crippen LogP contribution in [0.25, 0.3) is 0 Å². The summed E-state index contributed by atoms with van der Waals surface area (Å²) in [5.41, 5.74) is 0.235. The maximum Gasteiger partial charge on any atom is 0.252 e. The number of rotatable bonds is 3. The molecule has 1 atom stereocenters. The van der Waals surface area contributed by atoms with Gasteiger partial charge >= 0.3 is 0 Å². The molecule has 1 aromatic rings. The van der Waals surface area contributed by atoms with Crippen molar-refractivity contribution in [2.24, 2.45) is 5.14 Å². The highest BCUT2D eigenvalue weighted by Crippen LogP contribution is 2.21. The van der Waals surface area contributed by atoms with E-state index >= 15 is 0 Å². The molecular formula is C11H13BrN2O4S. The second-order valence-corrected chi connectivity index (χ2v) is 6.64. The van der Waals surface area contributed by atoms with E-state index in [0.717, 1.165) is 6.42 Å². The van der Waals surface area contributed by atoms with Gasteiger partial charge in [0, 0.05) is 11.1 Å². The lowest BCUT2D eigenvalue weighted by molar-refractivity contribution is 0.0929. The summed E-state index contributed by atoms with van der Waals surface area (Å²) in [6.45, 7) is 1.08. The maximum absolute atomic E-state index is 12.1. The van der Waals surface area contributed by atoms with E-state index in [1.165, 1.54) is 18.2 Å². The van der Waals surface area contributed by atoms with Gasteiger partial charge in [-0.25, -0.2) is 13.6 Å². The summed E-state index contributed by atoms with van der Waals surface area (Å²) >= 11 is 3.22. The fourth-order valence-corrected chi connectivity index (χ4v) is 2.73. The first kappa shape index (κ1) is 14.4. The molecule has 0 aromatic heterocycles. The SMILES string of the molecule is NS(=O)(=O)c1ccc(Br)c(C(=O)NC2CCOC2)c1. The fraction of sp³-hybridized carbons (Fsp3) is 0.364. The zero-order valence-electron chi connectivity index (χ0n) is 9.93. The molecule has 104 valence electrons. The van der Waals surface area contributed by atoms with Crippen molar-refractivity contribution in [3.63, 3.8) is 0 Å². The highest BCUT2D eigenvalue weighted by Gasteiger charge is 2.21. The summed E-state index contributed by atoms with van der Waals surface area (Å²) in [5.74, 6) is -0.354. The average Bonchev–Trinajstić information content (AvgIpc) is 2.80. The lowest BCUT2D eigenvalue weighted by atomic mass is 10.2. The molecular weight excluding hydrogens is 336 g/mol. The monoisotopic (exact) mass is 348 g/mol. The molecule has 1 heterocycles. The van der Waals surface area contributed by atoms with E-state index in [2.05, 4.69) is 21.2 Å². The Bertz CT molecular complexity index is 597. The molecule has 19 heavy (non-hydrogen) atoms. The molecule has 1 fully saturated rings. The maximum atomic E-state index is 12.1. The number of sulfonamides is 1. The minimum atomic E-state index is -3.83. The van der Waals surface area contributed by atoms with Crippen LogP contribution in [0.3, 0.4) is 0 Å². The molecule has 8 heteroatoms. The number of carbonyl (C=O) groups excluding carboxylic acids is 1. The Morgan fingerprint density at radius 3 is 2.79 bits per heavy atom. The van der Waals surface area contributed by atoms with Gasteiger partial charge in [0.2, 0.25) is 10.0 Å². The van der Waals surface area contributed by atoms with Crippen LogP contribution in [-0.4, -0.2) is 33.6 Å². The van der Waals surface area contributed by atoms with Crippen molar-refractivity contribution < 1.29 is 17.9 Å². The van der Waals surface area contributed by atoms with E-state index in [4.69, 9.17) is 9.88 Å². The molecule has 1 saturated heterocycles. The first-order valence-electron chi connectivity index (χ1n) is 5.59. The first-order valence-corrected chi connectivity index (χ1v) is 7.93. The second-order valence-electron chi connectivity index (χ2n) is 4.22. The number of hydrogen-bond acceptors (Lipinski definition) is 4. The first-order chi connectivity index (χ1) is 8.88. The minimum Gasteiger partial charge on any atom is -0.379 e. The van der Waals surface area contributed by atoms with E-state index < -0.39 is 10.0 Å². The van der Waals surface area contributed by atoms with Crippen LogP contribution in [0.15, 0.2) is 27.6 Å². The quantitative estimate of drug-likeness (QED) is 0.836. The summed E-state index contributed by atoms with van der Waals surface area (Å²) in [6, 6.07) is 4.04. The molecule has 1 amide bonds. The third-order valence-corrected chi connectivity index (χ3v) is 4.38. The molecule has 1 unspecified atom stereocenters. The predicted molar refractivity (Wildman–Crippen MR) is 72.2 cm³/mol. The number of carbonyl (C=O) groups is 1. The number of benzene rings is 1. The highest BCUT2D eigenvalue weighted by atomic mass is 79.9. The van der Waals surface area contributed by atoms with Crippen molar-refractivity contribution in [3.8, 4) is 0 Å². The van der Waals surface area contributed by atoms with Crippen molar-refractivity contribution >= 4 is 31.9 Å². The Morgan fingerprint density at radius 2 is 2.21 bits per heavy atom. The third kappa shape index (κ3) is 3.53. The van der Waals surface area contributed by atoms with Crippen molar-refractivity contribution in [1.82, 2.24) is 5.32 Å². The topological polar surface area (TPSA) is 98.5 Å². The lowest BCUT2D eigenvalue weighted by Gasteiger charge is -2.12. The van der Waals surface area contributed by atoms with Crippen LogP contribution in [0.5, 0.6) is 0 Å².